The summed E-state index contributed by atoms with van der Waals surface area (Å²) in [5.41, 5.74) is 3.25. The Morgan fingerprint density at radius 1 is 1.08 bits per heavy atom. The quantitative estimate of drug-likeness (QED) is 0.887. The number of carbonyl (C=O) groups excluding carboxylic acids is 1. The number of nitrogens with one attached hydrogen (secondary N) is 2. The maximum atomic E-state index is 12.8. The van der Waals surface area contributed by atoms with E-state index in [0.717, 1.165) is 43.5 Å². The van der Waals surface area contributed by atoms with Crippen molar-refractivity contribution in [3.8, 4) is 0 Å². The average molecular weight is 322 g/mol. The zero-order chi connectivity index (χ0) is 16.8. The molecule has 126 valence electrons. The van der Waals surface area contributed by atoms with Gasteiger partial charge >= 0.3 is 0 Å². The second-order valence-electron chi connectivity index (χ2n) is 6.69. The number of hydrogen-bond acceptors (Lipinski definition) is 2. The SMILES string of the molecule is CC1CNCCC1NC(=O)c1ccccc1CCc1ccccc1. The lowest BCUT2D eigenvalue weighted by atomic mass is 9.94. The minimum Gasteiger partial charge on any atom is -0.349 e. The van der Waals surface area contributed by atoms with Crippen LogP contribution in [0.3, 0.4) is 0 Å². The summed E-state index contributed by atoms with van der Waals surface area (Å²) in [6.45, 7) is 4.14. The van der Waals surface area contributed by atoms with Crippen LogP contribution in [0.15, 0.2) is 54.6 Å². The van der Waals surface area contributed by atoms with E-state index in [2.05, 4.69) is 47.9 Å². The van der Waals surface area contributed by atoms with Gasteiger partial charge in [-0.1, -0.05) is 55.5 Å². The number of carbonyl (C=O) groups is 1. The molecule has 0 radical (unpaired) electrons. The van der Waals surface area contributed by atoms with Gasteiger partial charge in [-0.25, -0.2) is 0 Å². The Balaban J connectivity index is 1.67. The summed E-state index contributed by atoms with van der Waals surface area (Å²) >= 11 is 0. The van der Waals surface area contributed by atoms with Gasteiger partial charge in [0.15, 0.2) is 0 Å². The van der Waals surface area contributed by atoms with Gasteiger partial charge in [0.2, 0.25) is 0 Å². The normalized spacial score (nSPS) is 20.5. The van der Waals surface area contributed by atoms with Crippen LogP contribution >= 0.6 is 0 Å². The minimum absolute atomic E-state index is 0.0670. The minimum atomic E-state index is 0.0670. The van der Waals surface area contributed by atoms with Gasteiger partial charge in [0.05, 0.1) is 0 Å². The summed E-state index contributed by atoms with van der Waals surface area (Å²) in [5, 5.41) is 6.62. The highest BCUT2D eigenvalue weighted by atomic mass is 16.1. The molecule has 0 spiro atoms. The Labute approximate surface area is 144 Å². The highest BCUT2D eigenvalue weighted by Gasteiger charge is 2.23. The largest absolute Gasteiger partial charge is 0.349 e. The Kier molecular flexibility index (Phi) is 5.65. The molecule has 1 aliphatic heterocycles. The van der Waals surface area contributed by atoms with E-state index in [0.29, 0.717) is 5.92 Å². The maximum absolute atomic E-state index is 12.8. The highest BCUT2D eigenvalue weighted by molar-refractivity contribution is 5.95. The smallest absolute Gasteiger partial charge is 0.251 e. The fourth-order valence-corrected chi connectivity index (χ4v) is 3.36. The van der Waals surface area contributed by atoms with Crippen LogP contribution in [-0.2, 0) is 12.8 Å². The van der Waals surface area contributed by atoms with Crippen LogP contribution in [0, 0.1) is 5.92 Å². The van der Waals surface area contributed by atoms with Crippen molar-refractivity contribution in [2.75, 3.05) is 13.1 Å². The van der Waals surface area contributed by atoms with Gasteiger partial charge in [-0.3, -0.25) is 4.79 Å². The topological polar surface area (TPSA) is 41.1 Å². The number of benzene rings is 2. The fourth-order valence-electron chi connectivity index (χ4n) is 3.36. The van der Waals surface area contributed by atoms with Crippen LogP contribution < -0.4 is 10.6 Å². The molecule has 1 fully saturated rings. The predicted octanol–water partition coefficient (Wildman–Crippen LogP) is 3.20. The second kappa shape index (κ2) is 8.11. The number of aryl methyl sites for hydroxylation is 2. The molecule has 1 saturated heterocycles. The monoisotopic (exact) mass is 322 g/mol. The van der Waals surface area contributed by atoms with E-state index in [9.17, 15) is 4.79 Å². The van der Waals surface area contributed by atoms with E-state index < -0.39 is 0 Å². The Morgan fingerprint density at radius 3 is 2.62 bits per heavy atom. The summed E-state index contributed by atoms with van der Waals surface area (Å²) < 4.78 is 0. The lowest BCUT2D eigenvalue weighted by Gasteiger charge is -2.30. The fraction of sp³-hybridized carbons (Fsp3) is 0.381. The van der Waals surface area contributed by atoms with Crippen molar-refractivity contribution in [3.63, 3.8) is 0 Å². The number of amides is 1. The zero-order valence-corrected chi connectivity index (χ0v) is 14.3. The molecule has 0 saturated carbocycles. The van der Waals surface area contributed by atoms with Gasteiger partial charge in [0.25, 0.3) is 5.91 Å². The molecule has 1 heterocycles. The van der Waals surface area contributed by atoms with Gasteiger partial charge in [0.1, 0.15) is 0 Å². The number of hydrogen-bond donors (Lipinski definition) is 2. The summed E-state index contributed by atoms with van der Waals surface area (Å²) in [4.78, 5) is 12.8. The van der Waals surface area contributed by atoms with Gasteiger partial charge in [-0.2, -0.15) is 0 Å². The third-order valence-corrected chi connectivity index (χ3v) is 4.89. The van der Waals surface area contributed by atoms with E-state index in [1.54, 1.807) is 0 Å². The van der Waals surface area contributed by atoms with Crippen molar-refractivity contribution in [1.29, 1.82) is 0 Å². The molecule has 2 N–H and O–H groups in total. The molecule has 0 bridgehead atoms. The molecule has 0 aliphatic carbocycles. The molecule has 2 aromatic rings. The first-order valence-electron chi connectivity index (χ1n) is 8.87. The second-order valence-corrected chi connectivity index (χ2v) is 6.69. The van der Waals surface area contributed by atoms with Crippen LogP contribution in [0.1, 0.15) is 34.8 Å². The summed E-state index contributed by atoms with van der Waals surface area (Å²) in [5.74, 6) is 0.539. The highest BCUT2D eigenvalue weighted by Crippen LogP contribution is 2.15. The van der Waals surface area contributed by atoms with Crippen LogP contribution in [0.25, 0.3) is 0 Å². The third-order valence-electron chi connectivity index (χ3n) is 4.89. The van der Waals surface area contributed by atoms with E-state index in [4.69, 9.17) is 0 Å². The molecular formula is C21H26N2O. The van der Waals surface area contributed by atoms with Crippen LogP contribution in [0.4, 0.5) is 0 Å². The van der Waals surface area contributed by atoms with Crippen LogP contribution in [0.2, 0.25) is 0 Å². The van der Waals surface area contributed by atoms with Crippen molar-refractivity contribution in [3.05, 3.63) is 71.3 Å². The molecule has 2 aromatic carbocycles. The van der Waals surface area contributed by atoms with Gasteiger partial charge < -0.3 is 10.6 Å². The molecule has 2 atom stereocenters. The first kappa shape index (κ1) is 16.7. The molecule has 24 heavy (non-hydrogen) atoms. The Morgan fingerprint density at radius 2 is 1.83 bits per heavy atom. The predicted molar refractivity (Wildman–Crippen MR) is 98.2 cm³/mol. The zero-order valence-electron chi connectivity index (χ0n) is 14.3. The van der Waals surface area contributed by atoms with Gasteiger partial charge in [-0.05, 0) is 55.5 Å². The Bertz CT molecular complexity index is 669. The lowest BCUT2D eigenvalue weighted by Crippen LogP contribution is -2.48. The molecule has 2 unspecified atom stereocenters. The summed E-state index contributed by atoms with van der Waals surface area (Å²) in [6.07, 6.45) is 2.84. The van der Waals surface area contributed by atoms with Crippen molar-refractivity contribution in [1.82, 2.24) is 10.6 Å². The summed E-state index contributed by atoms with van der Waals surface area (Å²) in [6, 6.07) is 18.7. The first-order chi connectivity index (χ1) is 11.7. The summed E-state index contributed by atoms with van der Waals surface area (Å²) in [7, 11) is 0. The van der Waals surface area contributed by atoms with E-state index in [-0.39, 0.29) is 11.9 Å². The maximum Gasteiger partial charge on any atom is 0.251 e. The van der Waals surface area contributed by atoms with E-state index in [1.165, 1.54) is 5.56 Å². The first-order valence-corrected chi connectivity index (χ1v) is 8.87. The molecule has 3 nitrogen and oxygen atoms in total. The van der Waals surface area contributed by atoms with Gasteiger partial charge in [-0.15, -0.1) is 0 Å². The van der Waals surface area contributed by atoms with Crippen molar-refractivity contribution in [2.45, 2.75) is 32.2 Å². The molecule has 0 aromatic heterocycles. The molecule has 3 heteroatoms. The van der Waals surface area contributed by atoms with Crippen LogP contribution in [0.5, 0.6) is 0 Å². The molecule has 1 aliphatic rings. The Hall–Kier alpha value is -2.13. The molecule has 3 rings (SSSR count). The number of piperidine rings is 1. The standard InChI is InChI=1S/C21H26N2O/c1-16-15-22-14-13-20(16)23-21(24)19-10-6-5-9-18(19)12-11-17-7-3-2-4-8-17/h2-10,16,20,22H,11-15H2,1H3,(H,23,24). The number of rotatable bonds is 5. The molecular weight excluding hydrogens is 296 g/mol. The van der Waals surface area contributed by atoms with Gasteiger partial charge in [0, 0.05) is 11.6 Å². The molecule has 1 amide bonds. The van der Waals surface area contributed by atoms with Crippen molar-refractivity contribution < 1.29 is 4.79 Å². The van der Waals surface area contributed by atoms with E-state index >= 15 is 0 Å². The van der Waals surface area contributed by atoms with Crippen molar-refractivity contribution in [2.24, 2.45) is 5.92 Å². The lowest BCUT2D eigenvalue weighted by molar-refractivity contribution is 0.0913. The van der Waals surface area contributed by atoms with Crippen LogP contribution in [-0.4, -0.2) is 25.0 Å². The van der Waals surface area contributed by atoms with E-state index in [1.807, 2.05) is 24.3 Å². The van der Waals surface area contributed by atoms with Crippen molar-refractivity contribution >= 4 is 5.91 Å². The average Bonchev–Trinajstić information content (AvgIpc) is 2.63. The third kappa shape index (κ3) is 4.24.